The van der Waals surface area contributed by atoms with Gasteiger partial charge >= 0.3 is 0 Å². The van der Waals surface area contributed by atoms with Gasteiger partial charge in [0.1, 0.15) is 0 Å². The lowest BCUT2D eigenvalue weighted by atomic mass is 10.0. The van der Waals surface area contributed by atoms with Crippen LogP contribution in [0, 0.1) is 6.92 Å². The highest BCUT2D eigenvalue weighted by atomic mass is 35.5. The predicted molar refractivity (Wildman–Crippen MR) is 111 cm³/mol. The van der Waals surface area contributed by atoms with Gasteiger partial charge in [-0.15, -0.1) is 23.7 Å². The maximum absolute atomic E-state index is 12.6. The minimum Gasteiger partial charge on any atom is -0.348 e. The third-order valence-corrected chi connectivity index (χ3v) is 6.53. The predicted octanol–water partition coefficient (Wildman–Crippen LogP) is 3.97. The van der Waals surface area contributed by atoms with Gasteiger partial charge in [0.05, 0.1) is 6.04 Å². The van der Waals surface area contributed by atoms with Crippen LogP contribution in [0.5, 0.6) is 0 Å². The Balaban J connectivity index is 0.00000225. The summed E-state index contributed by atoms with van der Waals surface area (Å²) in [6.07, 6.45) is 1.39. The Morgan fingerprint density at radius 2 is 2.12 bits per heavy atom. The zero-order valence-corrected chi connectivity index (χ0v) is 16.8. The summed E-state index contributed by atoms with van der Waals surface area (Å²) in [5.41, 5.74) is 2.51. The molecule has 0 radical (unpaired) electrons. The first-order valence-corrected chi connectivity index (χ1v) is 10.4. The van der Waals surface area contributed by atoms with E-state index in [4.69, 9.17) is 0 Å². The molecule has 1 aromatic heterocycles. The van der Waals surface area contributed by atoms with Crippen LogP contribution in [0.15, 0.2) is 41.8 Å². The molecule has 1 amide bonds. The summed E-state index contributed by atoms with van der Waals surface area (Å²) in [5.74, 6) is 2.31. The van der Waals surface area contributed by atoms with Crippen LogP contribution < -0.4 is 10.6 Å². The van der Waals surface area contributed by atoms with E-state index in [0.29, 0.717) is 12.5 Å². The smallest absolute Gasteiger partial charge is 0.222 e. The van der Waals surface area contributed by atoms with Gasteiger partial charge in [-0.25, -0.2) is 0 Å². The Kier molecular flexibility index (Phi) is 8.30. The van der Waals surface area contributed by atoms with Crippen molar-refractivity contribution in [2.45, 2.75) is 31.8 Å². The number of hydrogen-bond acceptors (Lipinski definition) is 4. The SMILES string of the molecule is Cc1ccsc1C(Cc1ccccc1)NC(=O)CC1CSCCN1.Cl. The van der Waals surface area contributed by atoms with Gasteiger partial charge in [-0.1, -0.05) is 30.3 Å². The zero-order chi connectivity index (χ0) is 16.8. The van der Waals surface area contributed by atoms with Crippen molar-refractivity contribution in [3.8, 4) is 0 Å². The van der Waals surface area contributed by atoms with E-state index in [1.807, 2.05) is 17.8 Å². The average molecular weight is 397 g/mol. The van der Waals surface area contributed by atoms with Crippen molar-refractivity contribution in [3.63, 3.8) is 0 Å². The Hall–Kier alpha value is -1.01. The molecule has 1 aromatic carbocycles. The summed E-state index contributed by atoms with van der Waals surface area (Å²) in [5, 5.41) is 8.82. The summed E-state index contributed by atoms with van der Waals surface area (Å²) in [6, 6.07) is 12.9. The summed E-state index contributed by atoms with van der Waals surface area (Å²) >= 11 is 3.66. The van der Waals surface area contributed by atoms with Crippen LogP contribution in [0.3, 0.4) is 0 Å². The molecule has 2 unspecified atom stereocenters. The number of halogens is 1. The summed E-state index contributed by atoms with van der Waals surface area (Å²) < 4.78 is 0. The fourth-order valence-corrected chi connectivity index (χ4v) is 4.96. The van der Waals surface area contributed by atoms with E-state index >= 15 is 0 Å². The topological polar surface area (TPSA) is 41.1 Å². The maximum atomic E-state index is 12.6. The van der Waals surface area contributed by atoms with Gasteiger partial charge < -0.3 is 10.6 Å². The number of thioether (sulfide) groups is 1. The molecule has 2 aromatic rings. The second-order valence-electron chi connectivity index (χ2n) is 6.21. The molecule has 0 saturated carbocycles. The molecule has 2 N–H and O–H groups in total. The van der Waals surface area contributed by atoms with Crippen molar-refractivity contribution in [2.24, 2.45) is 0 Å². The van der Waals surface area contributed by atoms with Crippen LogP contribution in [0.1, 0.15) is 28.5 Å². The maximum Gasteiger partial charge on any atom is 0.222 e. The van der Waals surface area contributed by atoms with Gasteiger partial charge in [-0.05, 0) is 35.9 Å². The van der Waals surface area contributed by atoms with E-state index in [1.165, 1.54) is 16.0 Å². The first-order chi connectivity index (χ1) is 11.7. The lowest BCUT2D eigenvalue weighted by molar-refractivity contribution is -0.122. The molecule has 2 atom stereocenters. The van der Waals surface area contributed by atoms with Crippen molar-refractivity contribution >= 4 is 41.4 Å². The second kappa shape index (κ2) is 10.2. The molecular weight excluding hydrogens is 372 g/mol. The van der Waals surface area contributed by atoms with Crippen molar-refractivity contribution < 1.29 is 4.79 Å². The van der Waals surface area contributed by atoms with E-state index in [-0.39, 0.29) is 24.4 Å². The molecular formula is C19H25ClN2OS2. The number of amides is 1. The minimum atomic E-state index is 0. The fraction of sp³-hybridized carbons (Fsp3) is 0.421. The van der Waals surface area contributed by atoms with Gasteiger partial charge in [0, 0.05) is 35.4 Å². The van der Waals surface area contributed by atoms with Crippen molar-refractivity contribution in [1.82, 2.24) is 10.6 Å². The number of nitrogens with one attached hydrogen (secondary N) is 2. The third-order valence-electron chi connectivity index (χ3n) is 4.27. The largest absolute Gasteiger partial charge is 0.348 e. The molecule has 1 saturated heterocycles. The molecule has 25 heavy (non-hydrogen) atoms. The Morgan fingerprint density at radius 1 is 1.32 bits per heavy atom. The molecule has 1 aliphatic rings. The number of rotatable bonds is 6. The number of carbonyl (C=O) groups is 1. The van der Waals surface area contributed by atoms with Crippen LogP contribution in [-0.2, 0) is 11.2 Å². The van der Waals surface area contributed by atoms with Crippen LogP contribution in [0.2, 0.25) is 0 Å². The molecule has 0 bridgehead atoms. The van der Waals surface area contributed by atoms with Crippen molar-refractivity contribution in [3.05, 3.63) is 57.8 Å². The number of benzene rings is 1. The fourth-order valence-electron chi connectivity index (χ4n) is 3.03. The van der Waals surface area contributed by atoms with Gasteiger partial charge in [0.25, 0.3) is 0 Å². The third kappa shape index (κ3) is 6.03. The van der Waals surface area contributed by atoms with E-state index in [1.54, 1.807) is 11.3 Å². The number of hydrogen-bond donors (Lipinski definition) is 2. The highest BCUT2D eigenvalue weighted by Gasteiger charge is 2.21. The average Bonchev–Trinajstić information content (AvgIpc) is 3.02. The number of carbonyl (C=O) groups excluding carboxylic acids is 1. The molecule has 2 heterocycles. The van der Waals surface area contributed by atoms with Crippen molar-refractivity contribution in [2.75, 3.05) is 18.1 Å². The standard InChI is InChI=1S/C19H24N2OS2.ClH/c1-14-7-9-24-19(14)17(11-15-5-3-2-4-6-15)21-18(22)12-16-13-23-10-8-20-16;/h2-7,9,16-17,20H,8,10-13H2,1H3,(H,21,22);1H. The Bertz CT molecular complexity index is 656. The van der Waals surface area contributed by atoms with Gasteiger partial charge in [0.15, 0.2) is 0 Å². The summed E-state index contributed by atoms with van der Waals surface area (Å²) in [6.45, 7) is 3.12. The lowest BCUT2D eigenvalue weighted by Crippen LogP contribution is -2.42. The first kappa shape index (κ1) is 20.3. The molecule has 6 heteroatoms. The van der Waals surface area contributed by atoms with Crippen LogP contribution in [0.25, 0.3) is 0 Å². The Labute approximate surface area is 164 Å². The molecule has 0 aliphatic carbocycles. The van der Waals surface area contributed by atoms with Crippen LogP contribution >= 0.6 is 35.5 Å². The second-order valence-corrected chi connectivity index (χ2v) is 8.31. The van der Waals surface area contributed by atoms with Gasteiger partial charge in [-0.2, -0.15) is 11.8 Å². The highest BCUT2D eigenvalue weighted by molar-refractivity contribution is 7.99. The molecule has 3 nitrogen and oxygen atoms in total. The number of aryl methyl sites for hydroxylation is 1. The van der Waals surface area contributed by atoms with Crippen molar-refractivity contribution in [1.29, 1.82) is 0 Å². The van der Waals surface area contributed by atoms with E-state index in [9.17, 15) is 4.79 Å². The van der Waals surface area contributed by atoms with E-state index in [2.05, 4.69) is 53.3 Å². The summed E-state index contributed by atoms with van der Waals surface area (Å²) in [4.78, 5) is 13.8. The first-order valence-electron chi connectivity index (χ1n) is 8.41. The normalized spacial score (nSPS) is 18.2. The quantitative estimate of drug-likeness (QED) is 0.776. The summed E-state index contributed by atoms with van der Waals surface area (Å²) in [7, 11) is 0. The van der Waals surface area contributed by atoms with Gasteiger partial charge in [-0.3, -0.25) is 4.79 Å². The zero-order valence-electron chi connectivity index (χ0n) is 14.4. The van der Waals surface area contributed by atoms with E-state index in [0.717, 1.165) is 24.5 Å². The molecule has 1 aliphatic heterocycles. The highest BCUT2D eigenvalue weighted by Crippen LogP contribution is 2.27. The monoisotopic (exact) mass is 396 g/mol. The molecule has 136 valence electrons. The van der Waals surface area contributed by atoms with Gasteiger partial charge in [0.2, 0.25) is 5.91 Å². The molecule has 0 spiro atoms. The van der Waals surface area contributed by atoms with E-state index < -0.39 is 0 Å². The van der Waals surface area contributed by atoms with Crippen LogP contribution in [-0.4, -0.2) is 30.0 Å². The minimum absolute atomic E-state index is 0. The van der Waals surface area contributed by atoms with Crippen LogP contribution in [0.4, 0.5) is 0 Å². The number of thiophene rings is 1. The lowest BCUT2D eigenvalue weighted by Gasteiger charge is -2.24. The Morgan fingerprint density at radius 3 is 2.76 bits per heavy atom. The molecule has 1 fully saturated rings. The molecule has 3 rings (SSSR count).